The summed E-state index contributed by atoms with van der Waals surface area (Å²) in [5, 5.41) is 0. The summed E-state index contributed by atoms with van der Waals surface area (Å²) < 4.78 is 2.14. The number of benzene rings is 2. The molecule has 0 amide bonds. The van der Waals surface area contributed by atoms with Crippen molar-refractivity contribution in [3.8, 4) is 11.4 Å². The third kappa shape index (κ3) is 1.91. The van der Waals surface area contributed by atoms with Gasteiger partial charge >= 0.3 is 0 Å². The Labute approximate surface area is 119 Å². The molecule has 0 aliphatic rings. The lowest BCUT2D eigenvalue weighted by Gasteiger charge is -2.07. The van der Waals surface area contributed by atoms with Crippen LogP contribution in [-0.4, -0.2) is 9.55 Å². The molecule has 0 spiro atoms. The Bertz CT molecular complexity index is 784. The van der Waals surface area contributed by atoms with Crippen LogP contribution in [0.4, 0.5) is 0 Å². The number of fused-ring (bicyclic) bond motifs is 1. The first-order chi connectivity index (χ1) is 9.61. The van der Waals surface area contributed by atoms with Gasteiger partial charge in [0.25, 0.3) is 0 Å². The van der Waals surface area contributed by atoms with Crippen LogP contribution in [0.5, 0.6) is 0 Å². The molecule has 20 heavy (non-hydrogen) atoms. The molecule has 3 heteroatoms. The topological polar surface area (TPSA) is 43.8 Å². The molecule has 0 atom stereocenters. The highest BCUT2D eigenvalue weighted by Gasteiger charge is 2.13. The molecule has 0 unspecified atom stereocenters. The predicted molar refractivity (Wildman–Crippen MR) is 83.5 cm³/mol. The second-order valence-electron chi connectivity index (χ2n) is 5.30. The quantitative estimate of drug-likeness (QED) is 0.772. The summed E-state index contributed by atoms with van der Waals surface area (Å²) in [6.07, 6.45) is 0. The normalized spacial score (nSPS) is 11.2. The number of para-hydroxylation sites is 1. The Balaban J connectivity index is 2.29. The molecule has 102 valence electrons. The first-order valence-electron chi connectivity index (χ1n) is 6.84. The van der Waals surface area contributed by atoms with E-state index in [0.29, 0.717) is 6.54 Å². The molecular formula is C17H19N3. The standard InChI is InChI=1S/C17H19N3/c1-11-7-8-14(12(2)9-11)17-19-16-13(10-18)5-4-6-15(16)20(17)3/h4-9H,10,18H2,1-3H3. The van der Waals surface area contributed by atoms with Crippen molar-refractivity contribution in [3.05, 3.63) is 53.1 Å². The van der Waals surface area contributed by atoms with Crippen molar-refractivity contribution < 1.29 is 0 Å². The Morgan fingerprint density at radius 1 is 1.15 bits per heavy atom. The Morgan fingerprint density at radius 3 is 2.65 bits per heavy atom. The Kier molecular flexibility index (Phi) is 3.07. The van der Waals surface area contributed by atoms with E-state index in [1.165, 1.54) is 16.7 Å². The molecule has 0 radical (unpaired) electrons. The summed E-state index contributed by atoms with van der Waals surface area (Å²) in [5.74, 6) is 0.999. The summed E-state index contributed by atoms with van der Waals surface area (Å²) in [5.41, 5.74) is 12.7. The van der Waals surface area contributed by atoms with Crippen LogP contribution in [-0.2, 0) is 13.6 Å². The van der Waals surface area contributed by atoms with Gasteiger partial charge in [-0.05, 0) is 31.0 Å². The number of nitrogens with two attached hydrogens (primary N) is 1. The number of rotatable bonds is 2. The first-order valence-corrected chi connectivity index (χ1v) is 6.84. The maximum atomic E-state index is 5.81. The lowest BCUT2D eigenvalue weighted by molar-refractivity contribution is 0.957. The molecule has 3 nitrogen and oxygen atoms in total. The average Bonchev–Trinajstić information content (AvgIpc) is 2.76. The zero-order valence-electron chi connectivity index (χ0n) is 12.1. The van der Waals surface area contributed by atoms with Crippen LogP contribution in [0.3, 0.4) is 0 Å². The van der Waals surface area contributed by atoms with Gasteiger partial charge in [-0.3, -0.25) is 0 Å². The highest BCUT2D eigenvalue weighted by molar-refractivity contribution is 5.84. The van der Waals surface area contributed by atoms with Crippen molar-refractivity contribution in [1.82, 2.24) is 9.55 Å². The van der Waals surface area contributed by atoms with E-state index in [1.807, 2.05) is 12.1 Å². The smallest absolute Gasteiger partial charge is 0.141 e. The van der Waals surface area contributed by atoms with E-state index in [0.717, 1.165) is 22.4 Å². The average molecular weight is 265 g/mol. The van der Waals surface area contributed by atoms with Crippen molar-refractivity contribution in [1.29, 1.82) is 0 Å². The fraction of sp³-hybridized carbons (Fsp3) is 0.235. The van der Waals surface area contributed by atoms with Gasteiger partial charge in [0.1, 0.15) is 5.82 Å². The van der Waals surface area contributed by atoms with E-state index in [4.69, 9.17) is 10.7 Å². The maximum Gasteiger partial charge on any atom is 0.141 e. The van der Waals surface area contributed by atoms with Crippen molar-refractivity contribution in [2.24, 2.45) is 12.8 Å². The van der Waals surface area contributed by atoms with Gasteiger partial charge in [-0.15, -0.1) is 0 Å². The molecule has 0 saturated carbocycles. The van der Waals surface area contributed by atoms with Crippen LogP contribution in [0.2, 0.25) is 0 Å². The molecule has 3 aromatic rings. The molecule has 0 fully saturated rings. The van der Waals surface area contributed by atoms with E-state index in [-0.39, 0.29) is 0 Å². The number of hydrogen-bond acceptors (Lipinski definition) is 2. The van der Waals surface area contributed by atoms with Gasteiger partial charge < -0.3 is 10.3 Å². The highest BCUT2D eigenvalue weighted by atomic mass is 15.1. The van der Waals surface area contributed by atoms with E-state index in [1.54, 1.807) is 0 Å². The first kappa shape index (κ1) is 12.9. The fourth-order valence-corrected chi connectivity index (χ4v) is 2.74. The van der Waals surface area contributed by atoms with Crippen LogP contribution < -0.4 is 5.73 Å². The van der Waals surface area contributed by atoms with Crippen LogP contribution >= 0.6 is 0 Å². The third-order valence-electron chi connectivity index (χ3n) is 3.84. The second kappa shape index (κ2) is 4.76. The van der Waals surface area contributed by atoms with Crippen LogP contribution in [0.25, 0.3) is 22.4 Å². The predicted octanol–water partition coefficient (Wildman–Crippen LogP) is 3.32. The maximum absolute atomic E-state index is 5.81. The number of nitrogens with zero attached hydrogens (tertiary/aromatic N) is 2. The van der Waals surface area contributed by atoms with Crippen LogP contribution in [0, 0.1) is 13.8 Å². The number of aryl methyl sites for hydroxylation is 3. The van der Waals surface area contributed by atoms with Crippen LogP contribution in [0.15, 0.2) is 36.4 Å². The van der Waals surface area contributed by atoms with E-state index < -0.39 is 0 Å². The van der Waals surface area contributed by atoms with Crippen molar-refractivity contribution in [2.75, 3.05) is 0 Å². The fourth-order valence-electron chi connectivity index (χ4n) is 2.74. The largest absolute Gasteiger partial charge is 0.327 e. The van der Waals surface area contributed by atoms with Gasteiger partial charge in [0.05, 0.1) is 11.0 Å². The monoisotopic (exact) mass is 265 g/mol. The molecule has 1 aromatic heterocycles. The number of imidazole rings is 1. The Hall–Kier alpha value is -2.13. The SMILES string of the molecule is Cc1ccc(-c2nc3c(CN)cccc3n2C)c(C)c1. The molecule has 2 N–H and O–H groups in total. The molecule has 0 bridgehead atoms. The van der Waals surface area contributed by atoms with E-state index in [2.05, 4.69) is 49.7 Å². The minimum absolute atomic E-state index is 0.515. The van der Waals surface area contributed by atoms with Gasteiger partial charge in [-0.25, -0.2) is 4.98 Å². The van der Waals surface area contributed by atoms with Crippen molar-refractivity contribution in [2.45, 2.75) is 20.4 Å². The van der Waals surface area contributed by atoms with Gasteiger partial charge in [0, 0.05) is 19.2 Å². The zero-order chi connectivity index (χ0) is 14.3. The number of hydrogen-bond donors (Lipinski definition) is 1. The molecule has 3 rings (SSSR count). The molecule has 0 aliphatic carbocycles. The van der Waals surface area contributed by atoms with Gasteiger partial charge in [-0.1, -0.05) is 35.9 Å². The molecule has 0 saturated heterocycles. The summed E-state index contributed by atoms with van der Waals surface area (Å²) in [4.78, 5) is 4.83. The summed E-state index contributed by atoms with van der Waals surface area (Å²) in [6.45, 7) is 4.75. The Morgan fingerprint density at radius 2 is 1.95 bits per heavy atom. The van der Waals surface area contributed by atoms with E-state index >= 15 is 0 Å². The lowest BCUT2D eigenvalue weighted by atomic mass is 10.1. The van der Waals surface area contributed by atoms with Crippen LogP contribution in [0.1, 0.15) is 16.7 Å². The van der Waals surface area contributed by atoms with Crippen molar-refractivity contribution in [3.63, 3.8) is 0 Å². The second-order valence-corrected chi connectivity index (χ2v) is 5.30. The summed E-state index contributed by atoms with van der Waals surface area (Å²) in [7, 11) is 2.06. The molecular weight excluding hydrogens is 246 g/mol. The molecule has 2 aromatic carbocycles. The molecule has 1 heterocycles. The molecule has 0 aliphatic heterocycles. The lowest BCUT2D eigenvalue weighted by Crippen LogP contribution is -1.97. The van der Waals surface area contributed by atoms with Crippen molar-refractivity contribution >= 4 is 11.0 Å². The zero-order valence-corrected chi connectivity index (χ0v) is 12.1. The van der Waals surface area contributed by atoms with E-state index in [9.17, 15) is 0 Å². The minimum Gasteiger partial charge on any atom is -0.327 e. The third-order valence-corrected chi connectivity index (χ3v) is 3.84. The number of aromatic nitrogens is 2. The van der Waals surface area contributed by atoms with Gasteiger partial charge in [0.15, 0.2) is 0 Å². The van der Waals surface area contributed by atoms with Gasteiger partial charge in [0.2, 0.25) is 0 Å². The highest BCUT2D eigenvalue weighted by Crippen LogP contribution is 2.28. The summed E-state index contributed by atoms with van der Waals surface area (Å²) >= 11 is 0. The van der Waals surface area contributed by atoms with Gasteiger partial charge in [-0.2, -0.15) is 0 Å². The summed E-state index contributed by atoms with van der Waals surface area (Å²) in [6, 6.07) is 12.6. The minimum atomic E-state index is 0.515.